The van der Waals surface area contributed by atoms with Crippen LogP contribution in [0.4, 0.5) is 0 Å². The van der Waals surface area contributed by atoms with Gasteiger partial charge in [-0.05, 0) is 29.8 Å². The zero-order valence-electron chi connectivity index (χ0n) is 12.3. The third-order valence-corrected chi connectivity index (χ3v) is 4.57. The number of hydrogen-bond donors (Lipinski definition) is 0. The minimum atomic E-state index is 0.0207. The number of hydrogen-bond acceptors (Lipinski definition) is 3. The molecule has 1 aliphatic heterocycles. The minimum absolute atomic E-state index is 0.0207. The van der Waals surface area contributed by atoms with Gasteiger partial charge in [0.15, 0.2) is 11.5 Å². The lowest BCUT2D eigenvalue weighted by atomic mass is 10.1. The average molecular weight is 351 g/mol. The fraction of sp³-hybridized carbons (Fsp3) is 0.412. The van der Waals surface area contributed by atoms with Crippen LogP contribution in [0.2, 0.25) is 0 Å². The Morgan fingerprint density at radius 3 is 2.62 bits per heavy atom. The van der Waals surface area contributed by atoms with E-state index in [0.717, 1.165) is 35.0 Å². The van der Waals surface area contributed by atoms with Crippen molar-refractivity contribution in [3.63, 3.8) is 0 Å². The first-order chi connectivity index (χ1) is 10.2. The minimum Gasteiger partial charge on any atom is -0.489 e. The van der Waals surface area contributed by atoms with Crippen LogP contribution in [0.1, 0.15) is 35.8 Å². The first-order valence-corrected chi connectivity index (χ1v) is 8.21. The summed E-state index contributed by atoms with van der Waals surface area (Å²) < 4.78 is 17.4. The van der Waals surface area contributed by atoms with Crippen molar-refractivity contribution >= 4 is 15.9 Å². The topological polar surface area (TPSA) is 31.6 Å². The predicted octanol–water partition coefficient (Wildman–Crippen LogP) is 4.73. The highest BCUT2D eigenvalue weighted by molar-refractivity contribution is 9.09. The van der Waals surface area contributed by atoms with Crippen LogP contribution in [0.15, 0.2) is 34.7 Å². The number of alkyl halides is 1. The first-order valence-electron chi connectivity index (χ1n) is 7.29. The maximum atomic E-state index is 5.84. The molecule has 112 valence electrons. The van der Waals surface area contributed by atoms with Gasteiger partial charge in [-0.1, -0.05) is 35.8 Å². The SMILES string of the molecule is CCc1ccc(C(Br)c2ccc3c(c2)OCC(C)CO3)o1. The van der Waals surface area contributed by atoms with Gasteiger partial charge in [0, 0.05) is 12.3 Å². The second-order valence-corrected chi connectivity index (χ2v) is 6.37. The van der Waals surface area contributed by atoms with E-state index in [1.165, 1.54) is 0 Å². The Kier molecular flexibility index (Phi) is 4.24. The molecule has 0 aliphatic carbocycles. The maximum Gasteiger partial charge on any atom is 0.161 e. The quantitative estimate of drug-likeness (QED) is 0.749. The lowest BCUT2D eigenvalue weighted by Crippen LogP contribution is -2.12. The summed E-state index contributed by atoms with van der Waals surface area (Å²) in [6.45, 7) is 5.59. The Hall–Kier alpha value is -1.42. The molecule has 0 amide bonds. The predicted molar refractivity (Wildman–Crippen MR) is 85.5 cm³/mol. The fourth-order valence-corrected chi connectivity index (χ4v) is 2.84. The molecule has 1 aromatic heterocycles. The zero-order valence-corrected chi connectivity index (χ0v) is 13.9. The summed E-state index contributed by atoms with van der Waals surface area (Å²) >= 11 is 3.71. The molecule has 4 heteroatoms. The van der Waals surface area contributed by atoms with E-state index in [0.29, 0.717) is 19.1 Å². The van der Waals surface area contributed by atoms with Crippen molar-refractivity contribution in [1.82, 2.24) is 0 Å². The Balaban J connectivity index is 1.86. The van der Waals surface area contributed by atoms with Crippen molar-refractivity contribution in [1.29, 1.82) is 0 Å². The van der Waals surface area contributed by atoms with Crippen molar-refractivity contribution in [3.05, 3.63) is 47.4 Å². The molecule has 0 saturated carbocycles. The Morgan fingerprint density at radius 2 is 1.90 bits per heavy atom. The van der Waals surface area contributed by atoms with Gasteiger partial charge in [0.25, 0.3) is 0 Å². The summed E-state index contributed by atoms with van der Waals surface area (Å²) in [5.41, 5.74) is 1.10. The van der Waals surface area contributed by atoms with Gasteiger partial charge >= 0.3 is 0 Å². The highest BCUT2D eigenvalue weighted by Crippen LogP contribution is 2.38. The third kappa shape index (κ3) is 3.10. The molecule has 0 radical (unpaired) electrons. The van der Waals surface area contributed by atoms with E-state index >= 15 is 0 Å². The molecule has 2 unspecified atom stereocenters. The van der Waals surface area contributed by atoms with E-state index in [4.69, 9.17) is 13.9 Å². The van der Waals surface area contributed by atoms with E-state index < -0.39 is 0 Å². The van der Waals surface area contributed by atoms with Crippen LogP contribution in [-0.2, 0) is 6.42 Å². The molecule has 2 heterocycles. The van der Waals surface area contributed by atoms with Crippen LogP contribution in [0, 0.1) is 5.92 Å². The molecule has 0 spiro atoms. The number of furan rings is 1. The molecular weight excluding hydrogens is 332 g/mol. The average Bonchev–Trinajstić information content (AvgIpc) is 2.91. The Labute approximate surface area is 133 Å². The molecule has 0 fully saturated rings. The van der Waals surface area contributed by atoms with Crippen molar-refractivity contribution in [2.75, 3.05) is 13.2 Å². The lowest BCUT2D eigenvalue weighted by molar-refractivity contribution is 0.228. The van der Waals surface area contributed by atoms with Gasteiger partial charge < -0.3 is 13.9 Å². The normalized spacial score (nSPS) is 19.1. The molecule has 3 rings (SSSR count). The molecule has 1 aliphatic rings. The van der Waals surface area contributed by atoms with Gasteiger partial charge in [-0.15, -0.1) is 0 Å². The Bertz CT molecular complexity index is 620. The number of benzene rings is 1. The van der Waals surface area contributed by atoms with Crippen LogP contribution in [-0.4, -0.2) is 13.2 Å². The van der Waals surface area contributed by atoms with Crippen molar-refractivity contribution in [2.45, 2.75) is 25.1 Å². The summed E-state index contributed by atoms with van der Waals surface area (Å²) in [6.07, 6.45) is 0.902. The number of fused-ring (bicyclic) bond motifs is 1. The van der Waals surface area contributed by atoms with Gasteiger partial charge in [-0.2, -0.15) is 0 Å². The monoisotopic (exact) mass is 350 g/mol. The van der Waals surface area contributed by atoms with E-state index in [1.54, 1.807) is 0 Å². The Morgan fingerprint density at radius 1 is 1.14 bits per heavy atom. The number of aryl methyl sites for hydroxylation is 1. The van der Waals surface area contributed by atoms with Gasteiger partial charge in [-0.25, -0.2) is 0 Å². The van der Waals surface area contributed by atoms with Crippen LogP contribution in [0.3, 0.4) is 0 Å². The summed E-state index contributed by atoms with van der Waals surface area (Å²) in [4.78, 5) is 0.0207. The maximum absolute atomic E-state index is 5.84. The van der Waals surface area contributed by atoms with E-state index in [2.05, 4.69) is 29.8 Å². The molecular formula is C17H19BrO3. The number of halogens is 1. The molecule has 2 atom stereocenters. The highest BCUT2D eigenvalue weighted by atomic mass is 79.9. The molecule has 21 heavy (non-hydrogen) atoms. The molecule has 0 N–H and O–H groups in total. The van der Waals surface area contributed by atoms with Crippen LogP contribution < -0.4 is 9.47 Å². The number of rotatable bonds is 3. The van der Waals surface area contributed by atoms with Crippen molar-refractivity contribution in [2.24, 2.45) is 5.92 Å². The second-order valence-electron chi connectivity index (χ2n) is 5.45. The van der Waals surface area contributed by atoms with Gasteiger partial charge in [0.05, 0.1) is 18.0 Å². The standard InChI is InChI=1S/C17H19BrO3/c1-3-13-5-7-15(21-13)17(18)12-4-6-14-16(8-12)20-10-11(2)9-19-14/h4-8,11,17H,3,9-10H2,1-2H3. The summed E-state index contributed by atoms with van der Waals surface area (Å²) in [5.74, 6) is 3.94. The van der Waals surface area contributed by atoms with Gasteiger partial charge in [-0.3, -0.25) is 0 Å². The summed E-state index contributed by atoms with van der Waals surface area (Å²) in [6, 6.07) is 10.1. The molecule has 3 nitrogen and oxygen atoms in total. The molecule has 0 bridgehead atoms. The molecule has 0 saturated heterocycles. The van der Waals surface area contributed by atoms with Crippen molar-refractivity contribution in [3.8, 4) is 11.5 Å². The third-order valence-electron chi connectivity index (χ3n) is 3.59. The van der Waals surface area contributed by atoms with Crippen LogP contribution >= 0.6 is 15.9 Å². The molecule has 2 aromatic rings. The number of ether oxygens (including phenoxy) is 2. The summed E-state index contributed by atoms with van der Waals surface area (Å²) in [5, 5.41) is 0. The smallest absolute Gasteiger partial charge is 0.161 e. The van der Waals surface area contributed by atoms with E-state index in [1.807, 2.05) is 30.3 Å². The van der Waals surface area contributed by atoms with Crippen LogP contribution in [0.25, 0.3) is 0 Å². The highest BCUT2D eigenvalue weighted by Gasteiger charge is 2.19. The first kappa shape index (κ1) is 14.5. The van der Waals surface area contributed by atoms with Crippen molar-refractivity contribution < 1.29 is 13.9 Å². The van der Waals surface area contributed by atoms with Crippen LogP contribution in [0.5, 0.6) is 11.5 Å². The van der Waals surface area contributed by atoms with E-state index in [-0.39, 0.29) is 4.83 Å². The van der Waals surface area contributed by atoms with Gasteiger partial charge in [0.2, 0.25) is 0 Å². The molecule has 1 aromatic carbocycles. The lowest BCUT2D eigenvalue weighted by Gasteiger charge is -2.12. The fourth-order valence-electron chi connectivity index (χ4n) is 2.31. The summed E-state index contributed by atoms with van der Waals surface area (Å²) in [7, 11) is 0. The second kappa shape index (κ2) is 6.14. The van der Waals surface area contributed by atoms with Gasteiger partial charge in [0.1, 0.15) is 11.5 Å². The zero-order chi connectivity index (χ0) is 14.8. The van der Waals surface area contributed by atoms with E-state index in [9.17, 15) is 0 Å². The largest absolute Gasteiger partial charge is 0.489 e.